The lowest BCUT2D eigenvalue weighted by atomic mass is 9.81. The Balaban J connectivity index is 0.00000324. The second kappa shape index (κ2) is 19.5. The zero-order chi connectivity index (χ0) is 35.9. The predicted octanol–water partition coefficient (Wildman–Crippen LogP) is 3.23. The van der Waals surface area contributed by atoms with Crippen molar-refractivity contribution in [2.45, 2.75) is 31.6 Å². The number of hydrogen-bond donors (Lipinski definition) is 2. The molecule has 4 aromatic rings. The Morgan fingerprint density at radius 3 is 2.51 bits per heavy atom. The molecule has 2 aromatic carbocycles. The maximum Gasteiger partial charge on any atom is 0.413 e. The second-order valence-electron chi connectivity index (χ2n) is 11.9. The average molecular weight is 808 g/mol. The Bertz CT molecular complexity index is 1950. The zero-order valence-corrected chi connectivity index (χ0v) is 32.3. The van der Waals surface area contributed by atoms with Crippen LogP contribution in [0.25, 0.3) is 11.3 Å². The summed E-state index contributed by atoms with van der Waals surface area (Å²) in [4.78, 5) is 39.6. The second-order valence-corrected chi connectivity index (χ2v) is 12.8. The number of carbonyl (C=O) groups excluding carboxylic acids is 2. The van der Waals surface area contributed by atoms with Gasteiger partial charge in [-0.2, -0.15) is 10.3 Å². The monoisotopic (exact) mass is 806 g/mol. The number of thiazole rings is 1. The molecule has 2 aromatic heterocycles. The SMILES string of the molecule is CC(=O)OC(c1cccnc1NC(=O)OCC[N+]1(C[C@](O)(c2cccc(F)c2)[C@@H](C)c2nc(-c3ccc(C#N)cc3)cs2)C=NC=N1)N(C)C.Cl.Cl.[Cl-]. The van der Waals surface area contributed by atoms with Gasteiger partial charge in [-0.15, -0.1) is 40.7 Å². The number of amides is 1. The molecule has 5 rings (SSSR count). The topological polar surface area (TPSA) is 162 Å². The van der Waals surface area contributed by atoms with E-state index in [0.717, 1.165) is 5.56 Å². The van der Waals surface area contributed by atoms with Gasteiger partial charge in [-0.1, -0.05) is 36.3 Å². The highest BCUT2D eigenvalue weighted by atomic mass is 35.5. The number of esters is 1. The predicted molar refractivity (Wildman–Crippen MR) is 200 cm³/mol. The molecule has 3 heterocycles. The number of nitriles is 1. The third kappa shape index (κ3) is 10.8. The molecule has 1 amide bonds. The molecule has 53 heavy (non-hydrogen) atoms. The molecule has 1 aliphatic rings. The summed E-state index contributed by atoms with van der Waals surface area (Å²) in [5.41, 5.74) is 1.07. The van der Waals surface area contributed by atoms with Crippen LogP contribution in [0.15, 0.2) is 82.3 Å². The number of quaternary nitrogens is 1. The van der Waals surface area contributed by atoms with Crippen LogP contribution in [-0.2, 0) is 19.9 Å². The van der Waals surface area contributed by atoms with E-state index < -0.39 is 35.6 Å². The van der Waals surface area contributed by atoms with Crippen molar-refractivity contribution in [2.75, 3.05) is 39.1 Å². The minimum Gasteiger partial charge on any atom is -1.00 e. The van der Waals surface area contributed by atoms with Crippen LogP contribution in [0.1, 0.15) is 47.7 Å². The molecule has 2 N–H and O–H groups in total. The van der Waals surface area contributed by atoms with Gasteiger partial charge in [0.05, 0.1) is 27.9 Å². The summed E-state index contributed by atoms with van der Waals surface area (Å²) >= 11 is 1.35. The number of pyridine rings is 1. The summed E-state index contributed by atoms with van der Waals surface area (Å²) in [7, 11) is 3.44. The highest BCUT2D eigenvalue weighted by Crippen LogP contribution is 2.41. The van der Waals surface area contributed by atoms with Gasteiger partial charge in [0.1, 0.15) is 36.9 Å². The number of aromatic nitrogens is 2. The normalized spacial score (nSPS) is 16.5. The maximum absolute atomic E-state index is 14.6. The van der Waals surface area contributed by atoms with E-state index in [9.17, 15) is 19.1 Å². The van der Waals surface area contributed by atoms with Crippen molar-refractivity contribution in [3.8, 4) is 17.3 Å². The Morgan fingerprint density at radius 2 is 1.89 bits per heavy atom. The van der Waals surface area contributed by atoms with Crippen molar-refractivity contribution < 1.29 is 45.6 Å². The van der Waals surface area contributed by atoms with Crippen LogP contribution in [0.5, 0.6) is 0 Å². The number of benzene rings is 2. The van der Waals surface area contributed by atoms with Crippen LogP contribution >= 0.6 is 36.2 Å². The lowest BCUT2D eigenvalue weighted by Crippen LogP contribution is -3.00. The fourth-order valence-electron chi connectivity index (χ4n) is 5.54. The molecule has 18 heteroatoms. The molecule has 0 radical (unpaired) electrons. The minimum atomic E-state index is -1.71. The van der Waals surface area contributed by atoms with E-state index in [4.69, 9.17) is 19.7 Å². The lowest BCUT2D eigenvalue weighted by Gasteiger charge is -2.38. The highest BCUT2D eigenvalue weighted by molar-refractivity contribution is 7.10. The lowest BCUT2D eigenvalue weighted by molar-refractivity contribution is -0.848. The number of halogens is 4. The van der Waals surface area contributed by atoms with E-state index in [-0.39, 0.29) is 67.3 Å². The van der Waals surface area contributed by atoms with Crippen molar-refractivity contribution >= 4 is 66.7 Å². The molecular formula is C35H38Cl3FN8O5S. The number of rotatable bonds is 13. The van der Waals surface area contributed by atoms with E-state index in [1.807, 2.05) is 24.4 Å². The largest absolute Gasteiger partial charge is 1.00 e. The van der Waals surface area contributed by atoms with Crippen molar-refractivity contribution in [2.24, 2.45) is 10.1 Å². The first-order valence-corrected chi connectivity index (χ1v) is 16.4. The van der Waals surface area contributed by atoms with E-state index in [0.29, 0.717) is 27.4 Å². The number of anilines is 1. The Morgan fingerprint density at radius 1 is 1.15 bits per heavy atom. The zero-order valence-electron chi connectivity index (χ0n) is 29.1. The van der Waals surface area contributed by atoms with Crippen LogP contribution in [0.2, 0.25) is 0 Å². The molecule has 0 fully saturated rings. The minimum absolute atomic E-state index is 0. The first kappa shape index (κ1) is 44.6. The molecule has 1 aliphatic heterocycles. The summed E-state index contributed by atoms with van der Waals surface area (Å²) < 4.78 is 25.3. The summed E-state index contributed by atoms with van der Waals surface area (Å²) in [5.74, 6) is -1.51. The third-order valence-electron chi connectivity index (χ3n) is 8.17. The van der Waals surface area contributed by atoms with Crippen LogP contribution < -0.4 is 17.7 Å². The summed E-state index contributed by atoms with van der Waals surface area (Å²) in [6, 6.07) is 18.2. The maximum atomic E-state index is 14.6. The number of aliphatic hydroxyl groups is 1. The Labute approximate surface area is 329 Å². The first-order valence-electron chi connectivity index (χ1n) is 15.5. The Kier molecular flexibility index (Phi) is 16.4. The molecule has 0 aliphatic carbocycles. The standard InChI is InChI=1S/C35H35FN8O5S.3ClH/c1-23(32-41-30(19-50-32)26-12-10-25(18-37)11-13-26)35(47,27-7-5-8-28(36)17-27)20-44(22-38-21-40-44)15-16-48-34(46)42-31-29(9-6-14-39-31)33(43(3)4)49-24(2)45;;;/h5-14,17,19,21-23,33,47H,15-16,20H2,1-4H3;3*1H/t23-,33?,35+,44?;;;/m0.../s1. The summed E-state index contributed by atoms with van der Waals surface area (Å²) in [5, 5.41) is 31.3. The molecular weight excluding hydrogens is 770 g/mol. The van der Waals surface area contributed by atoms with Crippen LogP contribution in [0.4, 0.5) is 15.0 Å². The van der Waals surface area contributed by atoms with Crippen LogP contribution in [-0.4, -0.2) is 83.1 Å². The number of hydrogen-bond acceptors (Lipinski definition) is 12. The number of carbonyl (C=O) groups is 2. The smallest absolute Gasteiger partial charge is 0.413 e. The van der Waals surface area contributed by atoms with E-state index >= 15 is 0 Å². The van der Waals surface area contributed by atoms with Crippen LogP contribution in [0, 0.1) is 17.1 Å². The van der Waals surface area contributed by atoms with Crippen molar-refractivity contribution in [1.82, 2.24) is 14.9 Å². The first-order chi connectivity index (χ1) is 23.9. The van der Waals surface area contributed by atoms with E-state index in [2.05, 4.69) is 26.5 Å². The quantitative estimate of drug-likeness (QED) is 0.117. The number of ether oxygens (including phenoxy) is 2. The van der Waals surface area contributed by atoms with Gasteiger partial charge in [0.15, 0.2) is 12.6 Å². The Hall–Kier alpha value is -4.53. The van der Waals surface area contributed by atoms with E-state index in [1.54, 1.807) is 49.3 Å². The van der Waals surface area contributed by atoms with Crippen LogP contribution in [0.3, 0.4) is 0 Å². The average Bonchev–Trinajstić information content (AvgIpc) is 3.78. The van der Waals surface area contributed by atoms with Gasteiger partial charge >= 0.3 is 12.1 Å². The fraction of sp³-hybridized carbons (Fsp3) is 0.286. The van der Waals surface area contributed by atoms with Crippen molar-refractivity contribution in [3.63, 3.8) is 0 Å². The van der Waals surface area contributed by atoms with Gasteiger partial charge in [-0.25, -0.2) is 19.2 Å². The van der Waals surface area contributed by atoms with E-state index in [1.165, 1.54) is 55.3 Å². The molecule has 0 bridgehead atoms. The molecule has 4 atom stereocenters. The molecule has 2 unspecified atom stereocenters. The third-order valence-corrected chi connectivity index (χ3v) is 9.20. The van der Waals surface area contributed by atoms with Gasteiger partial charge in [0.25, 0.3) is 0 Å². The van der Waals surface area contributed by atoms with Crippen molar-refractivity contribution in [1.29, 1.82) is 5.26 Å². The van der Waals surface area contributed by atoms with Gasteiger partial charge < -0.3 is 27.0 Å². The molecule has 13 nitrogen and oxygen atoms in total. The van der Waals surface area contributed by atoms with Gasteiger partial charge in [-0.05, 0) is 56.1 Å². The highest BCUT2D eigenvalue weighted by Gasteiger charge is 2.48. The molecule has 0 saturated carbocycles. The number of aliphatic imine (C=N–C) groups is 1. The number of nitrogens with one attached hydrogen (secondary N) is 1. The molecule has 0 spiro atoms. The van der Waals surface area contributed by atoms with Gasteiger partial charge in [0.2, 0.25) is 6.34 Å². The number of nitrogens with zero attached hydrogens (tertiary/aromatic N) is 7. The van der Waals surface area contributed by atoms with Crippen molar-refractivity contribution in [3.05, 3.63) is 99.8 Å². The molecule has 0 saturated heterocycles. The summed E-state index contributed by atoms with van der Waals surface area (Å²) in [6.07, 6.45) is 2.75. The summed E-state index contributed by atoms with van der Waals surface area (Å²) in [6.45, 7) is 2.94. The van der Waals surface area contributed by atoms with Gasteiger partial charge in [-0.3, -0.25) is 15.0 Å². The molecule has 282 valence electrons. The fourth-order valence-corrected chi connectivity index (χ4v) is 6.51. The van der Waals surface area contributed by atoms with Gasteiger partial charge in [0, 0.05) is 30.0 Å².